The number of para-hydroxylation sites is 1. The molecule has 0 amide bonds. The van der Waals surface area contributed by atoms with Gasteiger partial charge in [-0.3, -0.25) is 9.59 Å². The molecule has 0 N–H and O–H groups in total. The molecule has 1 aliphatic rings. The van der Waals surface area contributed by atoms with Crippen molar-refractivity contribution in [2.24, 2.45) is 11.8 Å². The lowest BCUT2D eigenvalue weighted by Gasteiger charge is -2.19. The van der Waals surface area contributed by atoms with Gasteiger partial charge in [0.05, 0.1) is 12.3 Å². The summed E-state index contributed by atoms with van der Waals surface area (Å²) in [4.78, 5) is 24.9. The van der Waals surface area contributed by atoms with Gasteiger partial charge >= 0.3 is 11.9 Å². The van der Waals surface area contributed by atoms with E-state index < -0.39 is 5.60 Å². The van der Waals surface area contributed by atoms with Gasteiger partial charge in [0.15, 0.2) is 0 Å². The number of ether oxygens (including phenoxy) is 2. The van der Waals surface area contributed by atoms with E-state index in [-0.39, 0.29) is 36.1 Å². The van der Waals surface area contributed by atoms with Crippen LogP contribution >= 0.6 is 0 Å². The zero-order valence-corrected chi connectivity index (χ0v) is 15.3. The van der Waals surface area contributed by atoms with E-state index in [1.807, 2.05) is 69.3 Å². The number of hydrogen-bond acceptors (Lipinski definition) is 4. The first-order valence-corrected chi connectivity index (χ1v) is 8.89. The van der Waals surface area contributed by atoms with Crippen molar-refractivity contribution in [3.8, 4) is 5.75 Å². The molecule has 3 rings (SSSR count). The van der Waals surface area contributed by atoms with Crippen LogP contribution in [0.2, 0.25) is 0 Å². The van der Waals surface area contributed by atoms with Gasteiger partial charge in [0.2, 0.25) is 0 Å². The second-order valence-corrected chi connectivity index (χ2v) is 7.65. The lowest BCUT2D eigenvalue weighted by atomic mass is 10.1. The minimum atomic E-state index is -0.546. The summed E-state index contributed by atoms with van der Waals surface area (Å²) in [5.74, 6) is -0.460. The maximum atomic E-state index is 12.6. The van der Waals surface area contributed by atoms with Gasteiger partial charge in [-0.05, 0) is 44.4 Å². The Bertz CT molecular complexity index is 762. The van der Waals surface area contributed by atoms with Gasteiger partial charge in [0.1, 0.15) is 11.4 Å². The Morgan fingerprint density at radius 3 is 2.08 bits per heavy atom. The molecule has 26 heavy (non-hydrogen) atoms. The molecule has 0 bridgehead atoms. The number of esters is 2. The van der Waals surface area contributed by atoms with Crippen molar-refractivity contribution in [1.82, 2.24) is 0 Å². The van der Waals surface area contributed by atoms with Gasteiger partial charge in [-0.2, -0.15) is 0 Å². The third-order valence-corrected chi connectivity index (χ3v) is 4.41. The summed E-state index contributed by atoms with van der Waals surface area (Å²) in [7, 11) is 0. The second kappa shape index (κ2) is 7.32. The van der Waals surface area contributed by atoms with E-state index in [1.54, 1.807) is 12.1 Å². The van der Waals surface area contributed by atoms with Crippen molar-refractivity contribution in [3.63, 3.8) is 0 Å². The van der Waals surface area contributed by atoms with Crippen LogP contribution in [0.1, 0.15) is 38.7 Å². The summed E-state index contributed by atoms with van der Waals surface area (Å²) in [6.07, 6.45) is 0.193. The van der Waals surface area contributed by atoms with E-state index >= 15 is 0 Å². The summed E-state index contributed by atoms with van der Waals surface area (Å²) >= 11 is 0. The molecule has 4 heteroatoms. The van der Waals surface area contributed by atoms with Crippen LogP contribution in [0.25, 0.3) is 0 Å². The first-order chi connectivity index (χ1) is 12.3. The highest BCUT2D eigenvalue weighted by atomic mass is 16.6. The lowest BCUT2D eigenvalue weighted by molar-refractivity contribution is -0.157. The van der Waals surface area contributed by atoms with E-state index in [4.69, 9.17) is 9.47 Å². The van der Waals surface area contributed by atoms with Gasteiger partial charge in [0, 0.05) is 5.92 Å². The maximum Gasteiger partial charge on any atom is 0.311 e. The Morgan fingerprint density at radius 2 is 1.50 bits per heavy atom. The van der Waals surface area contributed by atoms with Crippen LogP contribution < -0.4 is 4.74 Å². The molecule has 0 aliphatic heterocycles. The van der Waals surface area contributed by atoms with Crippen molar-refractivity contribution >= 4 is 11.9 Å². The third-order valence-electron chi connectivity index (χ3n) is 4.41. The van der Waals surface area contributed by atoms with E-state index in [1.165, 1.54) is 0 Å². The summed E-state index contributed by atoms with van der Waals surface area (Å²) in [5, 5.41) is 0. The molecule has 0 spiro atoms. The third kappa shape index (κ3) is 4.51. The SMILES string of the molecule is CC(C)(C)OC(=O)[C@H]1[C@@H](CC(=O)Oc2ccccc2)[C@@H]1c1ccccc1. The molecule has 0 heterocycles. The van der Waals surface area contributed by atoms with Crippen LogP contribution in [0.4, 0.5) is 0 Å². The Labute approximate surface area is 154 Å². The van der Waals surface area contributed by atoms with E-state index in [2.05, 4.69) is 0 Å². The number of benzene rings is 2. The second-order valence-electron chi connectivity index (χ2n) is 7.65. The first kappa shape index (κ1) is 18.2. The van der Waals surface area contributed by atoms with Crippen LogP contribution in [-0.4, -0.2) is 17.5 Å². The van der Waals surface area contributed by atoms with Gasteiger partial charge in [-0.1, -0.05) is 48.5 Å². The van der Waals surface area contributed by atoms with Gasteiger partial charge in [-0.15, -0.1) is 0 Å². The van der Waals surface area contributed by atoms with Crippen molar-refractivity contribution in [2.75, 3.05) is 0 Å². The maximum absolute atomic E-state index is 12.6. The van der Waals surface area contributed by atoms with Crippen LogP contribution in [0.3, 0.4) is 0 Å². The molecule has 0 unspecified atom stereocenters. The molecule has 0 aromatic heterocycles. The Kier molecular flexibility index (Phi) is 5.12. The summed E-state index contributed by atoms with van der Waals surface area (Å²) in [6, 6.07) is 18.8. The minimum Gasteiger partial charge on any atom is -0.460 e. The number of rotatable bonds is 5. The Hall–Kier alpha value is -2.62. The van der Waals surface area contributed by atoms with Crippen molar-refractivity contribution < 1.29 is 19.1 Å². The molecular weight excluding hydrogens is 328 g/mol. The van der Waals surface area contributed by atoms with Crippen LogP contribution in [0.5, 0.6) is 5.75 Å². The number of hydrogen-bond donors (Lipinski definition) is 0. The zero-order chi connectivity index (χ0) is 18.7. The largest absolute Gasteiger partial charge is 0.460 e. The van der Waals surface area contributed by atoms with Crippen molar-refractivity contribution in [2.45, 2.75) is 38.7 Å². The topological polar surface area (TPSA) is 52.6 Å². The normalized spacial score (nSPS) is 21.7. The fourth-order valence-electron chi connectivity index (χ4n) is 3.30. The molecule has 0 radical (unpaired) electrons. The predicted octanol–water partition coefficient (Wildman–Crippen LogP) is 4.35. The van der Waals surface area contributed by atoms with E-state index in [9.17, 15) is 9.59 Å². The highest BCUT2D eigenvalue weighted by Crippen LogP contribution is 2.56. The zero-order valence-electron chi connectivity index (χ0n) is 15.3. The average molecular weight is 352 g/mol. The molecule has 1 saturated carbocycles. The summed E-state index contributed by atoms with van der Waals surface area (Å²) in [6.45, 7) is 5.55. The molecule has 2 aromatic rings. The number of carbonyl (C=O) groups is 2. The minimum absolute atomic E-state index is 0.00521. The molecule has 1 aliphatic carbocycles. The van der Waals surface area contributed by atoms with Gasteiger partial charge in [-0.25, -0.2) is 0 Å². The van der Waals surface area contributed by atoms with Gasteiger partial charge in [0.25, 0.3) is 0 Å². The van der Waals surface area contributed by atoms with E-state index in [0.717, 1.165) is 5.56 Å². The monoisotopic (exact) mass is 352 g/mol. The highest BCUT2D eigenvalue weighted by molar-refractivity contribution is 5.81. The quantitative estimate of drug-likeness (QED) is 0.593. The lowest BCUT2D eigenvalue weighted by Crippen LogP contribution is -2.25. The Morgan fingerprint density at radius 1 is 0.923 bits per heavy atom. The molecule has 2 aromatic carbocycles. The predicted molar refractivity (Wildman–Crippen MR) is 98.7 cm³/mol. The molecule has 0 saturated heterocycles. The standard InChI is InChI=1S/C22H24O4/c1-22(2,3)26-21(24)20-17(19(20)15-10-6-4-7-11-15)14-18(23)25-16-12-8-5-9-13-16/h4-13,17,19-20H,14H2,1-3H3/t17-,19-,20-/m0/s1. The molecule has 136 valence electrons. The average Bonchev–Trinajstić information content (AvgIpc) is 3.28. The summed E-state index contributed by atoms with van der Waals surface area (Å²) < 4.78 is 10.9. The molecule has 1 fully saturated rings. The van der Waals surface area contributed by atoms with Crippen LogP contribution in [-0.2, 0) is 14.3 Å². The fourth-order valence-corrected chi connectivity index (χ4v) is 3.30. The van der Waals surface area contributed by atoms with Crippen molar-refractivity contribution in [1.29, 1.82) is 0 Å². The van der Waals surface area contributed by atoms with Crippen LogP contribution in [0, 0.1) is 11.8 Å². The summed E-state index contributed by atoms with van der Waals surface area (Å²) in [5.41, 5.74) is 0.511. The smallest absolute Gasteiger partial charge is 0.311 e. The van der Waals surface area contributed by atoms with E-state index in [0.29, 0.717) is 5.75 Å². The Balaban J connectivity index is 1.70. The molecule has 4 nitrogen and oxygen atoms in total. The highest BCUT2D eigenvalue weighted by Gasteiger charge is 2.57. The molecular formula is C22H24O4. The van der Waals surface area contributed by atoms with Crippen molar-refractivity contribution in [3.05, 3.63) is 66.2 Å². The van der Waals surface area contributed by atoms with Crippen LogP contribution in [0.15, 0.2) is 60.7 Å². The molecule has 3 atom stereocenters. The van der Waals surface area contributed by atoms with Gasteiger partial charge < -0.3 is 9.47 Å². The first-order valence-electron chi connectivity index (χ1n) is 8.89. The number of carbonyl (C=O) groups excluding carboxylic acids is 2. The fraction of sp³-hybridized carbons (Fsp3) is 0.364.